The number of cyclic esters (lactones) is 2. The lowest BCUT2D eigenvalue weighted by Gasteiger charge is -2.42. The Bertz CT molecular complexity index is 1020. The molecule has 0 bridgehead atoms. The van der Waals surface area contributed by atoms with Crippen molar-refractivity contribution >= 4 is 22.7 Å². The van der Waals surface area contributed by atoms with Crippen molar-refractivity contribution in [1.82, 2.24) is 0 Å². The molecule has 2 saturated heterocycles. The van der Waals surface area contributed by atoms with Crippen LogP contribution < -0.4 is 0 Å². The Morgan fingerprint density at radius 1 is 0.889 bits per heavy atom. The molecule has 2 heterocycles. The summed E-state index contributed by atoms with van der Waals surface area (Å²) in [4.78, 5) is 22.9. The molecule has 36 heavy (non-hydrogen) atoms. The maximum atomic E-state index is 12.9. The molecule has 0 aromatic heterocycles. The van der Waals surface area contributed by atoms with Crippen molar-refractivity contribution < 1.29 is 23.3 Å². The lowest BCUT2D eigenvalue weighted by molar-refractivity contribution is -0.177. The first-order chi connectivity index (χ1) is 17.4. The number of carbonyl (C=O) groups excluding carboxylic acids is 2. The standard InChI is InChI=1S/C30H38O5S/c1-22(12-11-17-25(26-20-28(31)34-26)23-13-5-3-6-14-23)36(33)19-10-9-18-30(2,27-21-29(32)35-27)24-15-7-4-8-16-24/h3-8,13-16,22,25-27H,9-12,17-21H2,1-2H3. The molecule has 0 aliphatic carbocycles. The van der Waals surface area contributed by atoms with Gasteiger partial charge < -0.3 is 9.47 Å². The van der Waals surface area contributed by atoms with E-state index in [1.165, 1.54) is 11.1 Å². The van der Waals surface area contributed by atoms with Crippen LogP contribution in [-0.2, 0) is 35.3 Å². The third kappa shape index (κ3) is 6.44. The van der Waals surface area contributed by atoms with Gasteiger partial charge >= 0.3 is 11.9 Å². The Morgan fingerprint density at radius 2 is 1.50 bits per heavy atom. The van der Waals surface area contributed by atoms with Gasteiger partial charge in [0.2, 0.25) is 0 Å². The molecule has 6 atom stereocenters. The van der Waals surface area contributed by atoms with Gasteiger partial charge in [-0.15, -0.1) is 0 Å². The topological polar surface area (TPSA) is 69.7 Å². The predicted molar refractivity (Wildman–Crippen MR) is 142 cm³/mol. The molecular formula is C30H38O5S. The molecule has 6 unspecified atom stereocenters. The van der Waals surface area contributed by atoms with E-state index >= 15 is 0 Å². The molecule has 0 spiro atoms. The van der Waals surface area contributed by atoms with Gasteiger partial charge in [-0.1, -0.05) is 87.4 Å². The van der Waals surface area contributed by atoms with E-state index in [2.05, 4.69) is 38.1 Å². The van der Waals surface area contributed by atoms with Gasteiger partial charge in [0.1, 0.15) is 12.2 Å². The number of carbonyl (C=O) groups is 2. The molecular weight excluding hydrogens is 472 g/mol. The molecule has 0 amide bonds. The van der Waals surface area contributed by atoms with E-state index < -0.39 is 10.8 Å². The molecule has 2 aliphatic heterocycles. The highest BCUT2D eigenvalue weighted by atomic mass is 32.2. The van der Waals surface area contributed by atoms with Crippen LogP contribution in [0.4, 0.5) is 0 Å². The highest BCUT2D eigenvalue weighted by Gasteiger charge is 2.45. The quantitative estimate of drug-likeness (QED) is 0.236. The van der Waals surface area contributed by atoms with Gasteiger partial charge in [-0.25, -0.2) is 0 Å². The molecule has 0 radical (unpaired) electrons. The Kier molecular flexibility index (Phi) is 9.00. The first-order valence-electron chi connectivity index (χ1n) is 13.2. The van der Waals surface area contributed by atoms with Crippen LogP contribution in [0.2, 0.25) is 0 Å². The zero-order valence-corrected chi connectivity index (χ0v) is 22.2. The maximum Gasteiger partial charge on any atom is 0.309 e. The summed E-state index contributed by atoms with van der Waals surface area (Å²) in [5, 5.41) is 0.137. The maximum absolute atomic E-state index is 12.9. The van der Waals surface area contributed by atoms with Gasteiger partial charge in [0.25, 0.3) is 0 Å². The smallest absolute Gasteiger partial charge is 0.309 e. The van der Waals surface area contributed by atoms with Crippen LogP contribution in [0.3, 0.4) is 0 Å². The second kappa shape index (κ2) is 12.2. The van der Waals surface area contributed by atoms with Gasteiger partial charge in [-0.3, -0.25) is 13.8 Å². The van der Waals surface area contributed by atoms with E-state index in [0.717, 1.165) is 38.5 Å². The summed E-state index contributed by atoms with van der Waals surface area (Å²) in [5.74, 6) is 0.663. The fourth-order valence-corrected chi connectivity index (χ4v) is 6.80. The zero-order chi connectivity index (χ0) is 25.5. The predicted octanol–water partition coefficient (Wildman–Crippen LogP) is 5.84. The van der Waals surface area contributed by atoms with Crippen LogP contribution in [0.15, 0.2) is 60.7 Å². The van der Waals surface area contributed by atoms with Gasteiger partial charge in [0.15, 0.2) is 0 Å². The van der Waals surface area contributed by atoms with Crippen LogP contribution >= 0.6 is 0 Å². The van der Waals surface area contributed by atoms with Gasteiger partial charge in [-0.2, -0.15) is 0 Å². The van der Waals surface area contributed by atoms with Crippen LogP contribution in [0.5, 0.6) is 0 Å². The Labute approximate surface area is 217 Å². The highest BCUT2D eigenvalue weighted by molar-refractivity contribution is 7.85. The van der Waals surface area contributed by atoms with Crippen molar-refractivity contribution in [3.63, 3.8) is 0 Å². The van der Waals surface area contributed by atoms with E-state index in [1.54, 1.807) is 0 Å². The lowest BCUT2D eigenvalue weighted by atomic mass is 9.71. The zero-order valence-electron chi connectivity index (χ0n) is 21.4. The summed E-state index contributed by atoms with van der Waals surface area (Å²) >= 11 is 0. The third-order valence-electron chi connectivity index (χ3n) is 7.96. The Balaban J connectivity index is 1.21. The van der Waals surface area contributed by atoms with Crippen LogP contribution in [-0.4, -0.2) is 39.4 Å². The van der Waals surface area contributed by atoms with Gasteiger partial charge in [0.05, 0.1) is 12.8 Å². The average molecular weight is 511 g/mol. The molecule has 0 N–H and O–H groups in total. The normalized spacial score (nSPS) is 23.3. The molecule has 4 rings (SSSR count). The Morgan fingerprint density at radius 3 is 2.11 bits per heavy atom. The number of hydrogen-bond acceptors (Lipinski definition) is 5. The second-order valence-electron chi connectivity index (χ2n) is 10.5. The number of hydrogen-bond donors (Lipinski definition) is 0. The molecule has 2 aromatic carbocycles. The highest BCUT2D eigenvalue weighted by Crippen LogP contribution is 2.40. The minimum atomic E-state index is -0.876. The fraction of sp³-hybridized carbons (Fsp3) is 0.533. The van der Waals surface area contributed by atoms with Crippen molar-refractivity contribution in [2.24, 2.45) is 0 Å². The van der Waals surface area contributed by atoms with E-state index in [-0.39, 0.29) is 40.7 Å². The largest absolute Gasteiger partial charge is 0.461 e. The van der Waals surface area contributed by atoms with E-state index in [4.69, 9.17) is 9.47 Å². The summed E-state index contributed by atoms with van der Waals surface area (Å²) < 4.78 is 23.8. The number of esters is 2. The van der Waals surface area contributed by atoms with E-state index in [9.17, 15) is 13.8 Å². The number of rotatable bonds is 14. The SMILES string of the molecule is CC(CCCC(c1ccccc1)C1CC(=O)O1)S(=O)CCCCC(C)(c1ccccc1)C1CC(=O)O1. The molecule has 2 aromatic rings. The van der Waals surface area contributed by atoms with Crippen molar-refractivity contribution in [1.29, 1.82) is 0 Å². The van der Waals surface area contributed by atoms with Crippen molar-refractivity contribution in [3.8, 4) is 0 Å². The van der Waals surface area contributed by atoms with Crippen LogP contribution in [0.25, 0.3) is 0 Å². The monoisotopic (exact) mass is 510 g/mol. The minimum Gasteiger partial charge on any atom is -0.461 e. The first-order valence-corrected chi connectivity index (χ1v) is 14.6. The molecule has 5 nitrogen and oxygen atoms in total. The van der Waals surface area contributed by atoms with Crippen molar-refractivity contribution in [3.05, 3.63) is 71.8 Å². The number of unbranched alkanes of at least 4 members (excludes halogenated alkanes) is 1. The summed E-state index contributed by atoms with van der Waals surface area (Å²) in [6, 6.07) is 20.5. The van der Waals surface area contributed by atoms with Crippen LogP contribution in [0, 0.1) is 0 Å². The molecule has 2 fully saturated rings. The van der Waals surface area contributed by atoms with Crippen molar-refractivity contribution in [2.75, 3.05) is 5.75 Å². The summed E-state index contributed by atoms with van der Waals surface area (Å²) in [7, 11) is -0.876. The number of ether oxygens (including phenoxy) is 2. The average Bonchev–Trinajstić information content (AvgIpc) is 2.86. The fourth-order valence-electron chi connectivity index (χ4n) is 5.48. The van der Waals surface area contributed by atoms with Gasteiger partial charge in [-0.05, 0) is 36.8 Å². The summed E-state index contributed by atoms with van der Waals surface area (Å²) in [6.07, 6.45) is 6.38. The summed E-state index contributed by atoms with van der Waals surface area (Å²) in [6.45, 7) is 4.26. The number of benzene rings is 2. The summed E-state index contributed by atoms with van der Waals surface area (Å²) in [5.41, 5.74) is 2.20. The van der Waals surface area contributed by atoms with E-state index in [0.29, 0.717) is 18.6 Å². The van der Waals surface area contributed by atoms with E-state index in [1.807, 2.05) is 36.4 Å². The molecule has 6 heteroatoms. The second-order valence-corrected chi connectivity index (χ2v) is 12.5. The molecule has 194 valence electrons. The minimum absolute atomic E-state index is 0.0328. The first kappa shape index (κ1) is 26.6. The molecule has 0 saturated carbocycles. The van der Waals surface area contributed by atoms with Crippen LogP contribution in [0.1, 0.15) is 82.3 Å². The van der Waals surface area contributed by atoms with Crippen molar-refractivity contribution in [2.45, 2.75) is 94.0 Å². The molecule has 2 aliphatic rings. The third-order valence-corrected chi connectivity index (χ3v) is 9.79. The van der Waals surface area contributed by atoms with Gasteiger partial charge in [0, 0.05) is 33.1 Å². The Hall–Kier alpha value is -2.47. The lowest BCUT2D eigenvalue weighted by Crippen LogP contribution is -2.48.